The molecule has 1 atom stereocenters. The van der Waals surface area contributed by atoms with E-state index in [-0.39, 0.29) is 22.6 Å². The van der Waals surface area contributed by atoms with Crippen molar-refractivity contribution in [3.8, 4) is 0 Å². The van der Waals surface area contributed by atoms with Crippen molar-refractivity contribution < 1.29 is 47.8 Å². The number of benzene rings is 2. The van der Waals surface area contributed by atoms with Gasteiger partial charge in [-0.15, -0.1) is 5.01 Å². The van der Waals surface area contributed by atoms with Crippen LogP contribution in [0.4, 0.5) is 9.59 Å². The molecule has 3 rings (SSSR count). The minimum Gasteiger partial charge on any atom is -0.443 e. The predicted octanol–water partition coefficient (Wildman–Crippen LogP) is 3.11. The van der Waals surface area contributed by atoms with Crippen LogP contribution in [0.5, 0.6) is 0 Å². The molecule has 2 aromatic carbocycles. The van der Waals surface area contributed by atoms with E-state index in [4.69, 9.17) is 21.1 Å². The van der Waals surface area contributed by atoms with Crippen molar-refractivity contribution in [2.75, 3.05) is 13.3 Å². The summed E-state index contributed by atoms with van der Waals surface area (Å²) in [6.45, 7) is 5.13. The van der Waals surface area contributed by atoms with E-state index in [1.54, 1.807) is 39.0 Å². The molecular formula is C28H29ClN4O10. The zero-order valence-electron chi connectivity index (χ0n) is 23.7. The number of nitrogens with zero attached hydrogens (tertiary/aromatic N) is 3. The molecule has 1 fully saturated rings. The molecular weight excluding hydrogens is 588 g/mol. The smallest absolute Gasteiger partial charge is 0.440 e. The minimum absolute atomic E-state index is 0.0862. The van der Waals surface area contributed by atoms with Crippen molar-refractivity contribution in [1.82, 2.24) is 20.2 Å². The van der Waals surface area contributed by atoms with Gasteiger partial charge in [0.05, 0.1) is 5.54 Å². The molecule has 1 aliphatic rings. The highest BCUT2D eigenvalue weighted by Gasteiger charge is 2.43. The Bertz CT molecular complexity index is 1410. The largest absolute Gasteiger partial charge is 0.443 e. The summed E-state index contributed by atoms with van der Waals surface area (Å²) < 4.78 is 14.8. The molecule has 2 aromatic rings. The molecule has 1 heterocycles. The lowest BCUT2D eigenvalue weighted by Gasteiger charge is -2.41. The quantitative estimate of drug-likeness (QED) is 0.289. The van der Waals surface area contributed by atoms with Gasteiger partial charge in [-0.25, -0.2) is 14.6 Å². The third-order valence-electron chi connectivity index (χ3n) is 5.67. The maximum atomic E-state index is 13.8. The van der Waals surface area contributed by atoms with Crippen LogP contribution in [0.25, 0.3) is 0 Å². The standard InChI is InChI=1S/C28H29ClN4O10/c1-5-20(34)42-25(22(36)30-26(39)31-15-21(35)41-16-31)43-27(40)32(23(37)18-11-13-19(29)14-12-18)33(28(2,3)4)24(38)17-9-7-6-8-10-17/h6-14,25H,5,15-16H2,1-4H3,(H,30,36,39). The third kappa shape index (κ3) is 8.29. The summed E-state index contributed by atoms with van der Waals surface area (Å²) in [4.78, 5) is 91.0. The molecule has 15 heteroatoms. The lowest BCUT2D eigenvalue weighted by Crippen LogP contribution is -2.61. The number of hydrogen-bond donors (Lipinski definition) is 1. The molecule has 0 aliphatic carbocycles. The third-order valence-corrected chi connectivity index (χ3v) is 5.92. The summed E-state index contributed by atoms with van der Waals surface area (Å²) in [6.07, 6.45) is -4.22. The van der Waals surface area contributed by atoms with E-state index in [0.29, 0.717) is 5.01 Å². The fraction of sp³-hybridized carbons (Fsp3) is 0.321. The molecule has 1 N–H and O–H groups in total. The van der Waals surface area contributed by atoms with Crippen LogP contribution >= 0.6 is 11.6 Å². The Labute approximate surface area is 251 Å². The Kier molecular flexibility index (Phi) is 10.4. The van der Waals surface area contributed by atoms with Crippen molar-refractivity contribution in [3.05, 3.63) is 70.7 Å². The fourth-order valence-corrected chi connectivity index (χ4v) is 3.74. The van der Waals surface area contributed by atoms with Gasteiger partial charge in [0.15, 0.2) is 6.73 Å². The van der Waals surface area contributed by atoms with E-state index in [1.165, 1.54) is 43.3 Å². The summed E-state index contributed by atoms with van der Waals surface area (Å²) in [5, 5.41) is 3.34. The second-order valence-electron chi connectivity index (χ2n) is 9.97. The lowest BCUT2D eigenvalue weighted by atomic mass is 10.1. The Morgan fingerprint density at radius 1 is 0.953 bits per heavy atom. The molecule has 1 unspecified atom stereocenters. The first kappa shape index (κ1) is 32.5. The Morgan fingerprint density at radius 2 is 1.56 bits per heavy atom. The van der Waals surface area contributed by atoms with Gasteiger partial charge in [-0.2, -0.15) is 0 Å². The molecule has 14 nitrogen and oxygen atoms in total. The van der Waals surface area contributed by atoms with Gasteiger partial charge in [0.25, 0.3) is 11.8 Å². The minimum atomic E-state index is -2.38. The summed E-state index contributed by atoms with van der Waals surface area (Å²) >= 11 is 5.96. The summed E-state index contributed by atoms with van der Waals surface area (Å²) in [6, 6.07) is 12.0. The average molecular weight is 617 g/mol. The molecule has 0 aromatic heterocycles. The molecule has 1 aliphatic heterocycles. The van der Waals surface area contributed by atoms with E-state index in [9.17, 15) is 33.6 Å². The lowest BCUT2D eigenvalue weighted by molar-refractivity contribution is -0.178. The van der Waals surface area contributed by atoms with Crippen molar-refractivity contribution >= 4 is 53.4 Å². The van der Waals surface area contributed by atoms with Crippen LogP contribution in [0.15, 0.2) is 54.6 Å². The molecule has 43 heavy (non-hydrogen) atoms. The summed E-state index contributed by atoms with van der Waals surface area (Å²) in [5.41, 5.74) is -1.22. The SMILES string of the molecule is CCC(=O)OC(OC(=O)N(C(=O)c1ccc(Cl)cc1)N(C(=O)c1ccccc1)C(C)(C)C)C(=O)NC(=O)N1COC(=O)C1. The number of carbonyl (C=O) groups is 7. The van der Waals surface area contributed by atoms with Crippen LogP contribution in [0.1, 0.15) is 54.8 Å². The van der Waals surface area contributed by atoms with Gasteiger partial charge in [0.2, 0.25) is 0 Å². The molecule has 6 amide bonds. The van der Waals surface area contributed by atoms with E-state index in [1.807, 2.05) is 5.32 Å². The normalized spacial score (nSPS) is 13.3. The van der Waals surface area contributed by atoms with Gasteiger partial charge in [-0.05, 0) is 57.2 Å². The van der Waals surface area contributed by atoms with Gasteiger partial charge >= 0.3 is 36.3 Å². The molecule has 0 radical (unpaired) electrons. The van der Waals surface area contributed by atoms with Gasteiger partial charge in [0, 0.05) is 22.6 Å². The Morgan fingerprint density at radius 3 is 2.09 bits per heavy atom. The van der Waals surface area contributed by atoms with Crippen molar-refractivity contribution in [2.24, 2.45) is 0 Å². The number of carbonyl (C=O) groups excluding carboxylic acids is 7. The van der Waals surface area contributed by atoms with Crippen LogP contribution in [-0.2, 0) is 28.6 Å². The molecule has 228 valence electrons. The van der Waals surface area contributed by atoms with Crippen molar-refractivity contribution in [2.45, 2.75) is 45.9 Å². The zero-order valence-corrected chi connectivity index (χ0v) is 24.5. The molecule has 0 saturated carbocycles. The first-order chi connectivity index (χ1) is 20.2. The van der Waals surface area contributed by atoms with Crippen molar-refractivity contribution in [1.29, 1.82) is 0 Å². The predicted molar refractivity (Wildman–Crippen MR) is 148 cm³/mol. The number of rotatable bonds is 6. The van der Waals surface area contributed by atoms with E-state index >= 15 is 0 Å². The number of hydrazine groups is 1. The highest BCUT2D eigenvalue weighted by Crippen LogP contribution is 2.24. The number of halogens is 1. The summed E-state index contributed by atoms with van der Waals surface area (Å²) in [7, 11) is 0. The average Bonchev–Trinajstić information content (AvgIpc) is 3.41. The first-order valence-corrected chi connectivity index (χ1v) is 13.3. The number of hydrogen-bond acceptors (Lipinski definition) is 10. The number of amides is 6. The number of ether oxygens (including phenoxy) is 3. The van der Waals surface area contributed by atoms with Gasteiger partial charge < -0.3 is 14.2 Å². The second-order valence-corrected chi connectivity index (χ2v) is 10.4. The molecule has 0 spiro atoms. The van der Waals surface area contributed by atoms with Crippen molar-refractivity contribution in [3.63, 3.8) is 0 Å². The van der Waals surface area contributed by atoms with Crippen LogP contribution in [0.2, 0.25) is 5.02 Å². The highest BCUT2D eigenvalue weighted by molar-refractivity contribution is 6.30. The van der Waals surface area contributed by atoms with E-state index < -0.39 is 66.9 Å². The number of esters is 2. The van der Waals surface area contributed by atoms with Gasteiger partial charge in [-0.1, -0.05) is 36.7 Å². The zero-order chi connectivity index (χ0) is 31.9. The Balaban J connectivity index is 2.01. The van der Waals surface area contributed by atoms with Gasteiger partial charge in [0.1, 0.15) is 6.54 Å². The molecule has 1 saturated heterocycles. The van der Waals surface area contributed by atoms with Crippen LogP contribution in [0.3, 0.4) is 0 Å². The highest BCUT2D eigenvalue weighted by atomic mass is 35.5. The number of cyclic esters (lactones) is 1. The first-order valence-electron chi connectivity index (χ1n) is 12.9. The number of urea groups is 1. The topological polar surface area (TPSA) is 169 Å². The fourth-order valence-electron chi connectivity index (χ4n) is 3.61. The monoisotopic (exact) mass is 616 g/mol. The number of nitrogens with one attached hydrogen (secondary N) is 1. The van der Waals surface area contributed by atoms with E-state index in [0.717, 1.165) is 9.91 Å². The van der Waals surface area contributed by atoms with Crippen LogP contribution < -0.4 is 5.32 Å². The van der Waals surface area contributed by atoms with Crippen LogP contribution in [0, 0.1) is 0 Å². The molecule has 0 bridgehead atoms. The maximum Gasteiger partial charge on any atom is 0.440 e. The Hall–Kier alpha value is -4.98. The van der Waals surface area contributed by atoms with Crippen LogP contribution in [-0.4, -0.2) is 81.8 Å². The second kappa shape index (κ2) is 13.8. The van der Waals surface area contributed by atoms with E-state index in [2.05, 4.69) is 4.74 Å². The summed E-state index contributed by atoms with van der Waals surface area (Å²) in [5.74, 6) is -4.96. The maximum absolute atomic E-state index is 13.8. The number of imide groups is 2. The van der Waals surface area contributed by atoms with Gasteiger partial charge in [-0.3, -0.25) is 34.2 Å².